The van der Waals surface area contributed by atoms with Crippen molar-refractivity contribution in [1.29, 1.82) is 0 Å². The molecule has 0 aromatic rings. The average Bonchev–Trinajstić information content (AvgIpc) is 3.02. The van der Waals surface area contributed by atoms with E-state index in [1.807, 2.05) is 5.57 Å². The van der Waals surface area contributed by atoms with Gasteiger partial charge in [0.2, 0.25) is 0 Å². The van der Waals surface area contributed by atoms with Crippen LogP contribution in [0, 0.1) is 52.3 Å². The Kier molecular flexibility index (Phi) is 5.65. The largest absolute Gasteiger partial charge is 0.0852 e. The van der Waals surface area contributed by atoms with Gasteiger partial charge in [-0.2, -0.15) is 0 Å². The first kappa shape index (κ1) is 20.7. The first-order valence-electron chi connectivity index (χ1n) is 12.7. The van der Waals surface area contributed by atoms with Crippen LogP contribution in [0.4, 0.5) is 0 Å². The lowest BCUT2D eigenvalue weighted by Crippen LogP contribution is -2.48. The highest BCUT2D eigenvalue weighted by Gasteiger charge is 2.57. The standard InChI is InChI=1S/C28H46/c1-19(2)20(3)10-11-21(4)24-14-15-25-23-13-12-22-9-7-8-17-27(22,5)26(23)16-18-28(24,25)6/h10-11,13,19-22,24-26H,7-9,12,14-18H2,1-6H3/b11-10+/t20-,21+,22?,24+,25-,26-,27-,28+/m0/s1. The summed E-state index contributed by atoms with van der Waals surface area (Å²) in [5.74, 6) is 5.84. The van der Waals surface area contributed by atoms with Crippen molar-refractivity contribution in [2.45, 2.75) is 99.3 Å². The van der Waals surface area contributed by atoms with Crippen LogP contribution in [0.2, 0.25) is 0 Å². The van der Waals surface area contributed by atoms with Crippen molar-refractivity contribution in [2.24, 2.45) is 52.3 Å². The van der Waals surface area contributed by atoms with Gasteiger partial charge in [0.15, 0.2) is 0 Å². The molecule has 0 heteroatoms. The van der Waals surface area contributed by atoms with Crippen molar-refractivity contribution >= 4 is 0 Å². The minimum absolute atomic E-state index is 0.547. The molecule has 0 aliphatic heterocycles. The van der Waals surface area contributed by atoms with Gasteiger partial charge in [-0.15, -0.1) is 0 Å². The smallest absolute Gasteiger partial charge is 0.0143 e. The third kappa shape index (κ3) is 3.26. The molecule has 158 valence electrons. The minimum Gasteiger partial charge on any atom is -0.0852 e. The van der Waals surface area contributed by atoms with Gasteiger partial charge in [-0.3, -0.25) is 0 Å². The Labute approximate surface area is 175 Å². The molecule has 0 saturated heterocycles. The molecule has 0 N–H and O–H groups in total. The van der Waals surface area contributed by atoms with Gasteiger partial charge in [0.05, 0.1) is 0 Å². The zero-order chi connectivity index (χ0) is 20.1. The van der Waals surface area contributed by atoms with Gasteiger partial charge in [0.1, 0.15) is 0 Å². The topological polar surface area (TPSA) is 0 Å². The van der Waals surface area contributed by atoms with Crippen LogP contribution in [-0.4, -0.2) is 0 Å². The third-order valence-corrected chi connectivity index (χ3v) is 10.5. The molecule has 3 saturated carbocycles. The highest BCUT2D eigenvalue weighted by Crippen LogP contribution is 2.66. The van der Waals surface area contributed by atoms with E-state index in [-0.39, 0.29) is 0 Å². The first-order chi connectivity index (χ1) is 13.3. The van der Waals surface area contributed by atoms with E-state index in [1.54, 1.807) is 0 Å². The molecule has 1 unspecified atom stereocenters. The molecule has 0 bridgehead atoms. The van der Waals surface area contributed by atoms with Gasteiger partial charge >= 0.3 is 0 Å². The second-order valence-corrected chi connectivity index (χ2v) is 12.1. The van der Waals surface area contributed by atoms with Crippen LogP contribution >= 0.6 is 0 Å². The lowest BCUT2D eigenvalue weighted by atomic mass is 9.48. The average molecular weight is 383 g/mol. The SMILES string of the molecule is CC(C)[C@@H](C)/C=C/[C@@H](C)[C@H]1CC[C@H]2C3=CCC4CCCC[C@]4(C)[C@H]3CC[C@]12C. The molecule has 0 aromatic heterocycles. The maximum atomic E-state index is 2.77. The van der Waals surface area contributed by atoms with E-state index in [0.717, 1.165) is 35.5 Å². The molecule has 0 nitrogen and oxygen atoms in total. The van der Waals surface area contributed by atoms with E-state index in [0.29, 0.717) is 16.7 Å². The van der Waals surface area contributed by atoms with Crippen molar-refractivity contribution in [3.63, 3.8) is 0 Å². The van der Waals surface area contributed by atoms with E-state index in [9.17, 15) is 0 Å². The monoisotopic (exact) mass is 382 g/mol. The molecular weight excluding hydrogens is 336 g/mol. The van der Waals surface area contributed by atoms with Gasteiger partial charge in [-0.1, -0.05) is 78.2 Å². The fraction of sp³-hybridized carbons (Fsp3) is 0.857. The van der Waals surface area contributed by atoms with Crippen LogP contribution in [0.1, 0.15) is 99.3 Å². The molecule has 8 atom stereocenters. The Balaban J connectivity index is 1.54. The lowest BCUT2D eigenvalue weighted by molar-refractivity contribution is -0.00481. The first-order valence-corrected chi connectivity index (χ1v) is 12.7. The summed E-state index contributed by atoms with van der Waals surface area (Å²) >= 11 is 0. The maximum absolute atomic E-state index is 2.77. The predicted octanol–water partition coefficient (Wildman–Crippen LogP) is 8.44. The second-order valence-electron chi connectivity index (χ2n) is 12.1. The fourth-order valence-electron chi connectivity index (χ4n) is 8.16. The van der Waals surface area contributed by atoms with Crippen LogP contribution < -0.4 is 0 Å². The van der Waals surface area contributed by atoms with E-state index >= 15 is 0 Å². The van der Waals surface area contributed by atoms with Crippen molar-refractivity contribution in [3.05, 3.63) is 23.8 Å². The lowest BCUT2D eigenvalue weighted by Gasteiger charge is -2.57. The molecule has 4 aliphatic carbocycles. The Hall–Kier alpha value is -0.520. The van der Waals surface area contributed by atoms with E-state index in [4.69, 9.17) is 0 Å². The summed E-state index contributed by atoms with van der Waals surface area (Å²) in [4.78, 5) is 0. The quantitative estimate of drug-likeness (QED) is 0.428. The van der Waals surface area contributed by atoms with E-state index < -0.39 is 0 Å². The van der Waals surface area contributed by atoms with Crippen LogP contribution in [0.3, 0.4) is 0 Å². The molecule has 0 spiro atoms. The number of hydrogen-bond acceptors (Lipinski definition) is 0. The fourth-order valence-corrected chi connectivity index (χ4v) is 8.16. The molecule has 0 radical (unpaired) electrons. The summed E-state index contributed by atoms with van der Waals surface area (Å²) in [6, 6.07) is 0. The van der Waals surface area contributed by atoms with E-state index in [1.165, 1.54) is 57.8 Å². The zero-order valence-electron chi connectivity index (χ0n) is 19.6. The number of hydrogen-bond donors (Lipinski definition) is 0. The van der Waals surface area contributed by atoms with Gasteiger partial charge in [0.25, 0.3) is 0 Å². The maximum Gasteiger partial charge on any atom is -0.0143 e. The van der Waals surface area contributed by atoms with Crippen molar-refractivity contribution in [3.8, 4) is 0 Å². The van der Waals surface area contributed by atoms with Crippen molar-refractivity contribution < 1.29 is 0 Å². The van der Waals surface area contributed by atoms with Gasteiger partial charge < -0.3 is 0 Å². The molecule has 0 amide bonds. The Bertz CT molecular complexity index is 624. The summed E-state index contributed by atoms with van der Waals surface area (Å²) in [5.41, 5.74) is 3.11. The zero-order valence-corrected chi connectivity index (χ0v) is 19.6. The van der Waals surface area contributed by atoms with Gasteiger partial charge in [-0.05, 0) is 97.2 Å². The molecule has 28 heavy (non-hydrogen) atoms. The molecule has 4 rings (SSSR count). The molecule has 4 aliphatic rings. The van der Waals surface area contributed by atoms with Gasteiger partial charge in [-0.25, -0.2) is 0 Å². The number of allylic oxidation sites excluding steroid dienone is 4. The summed E-state index contributed by atoms with van der Waals surface area (Å²) < 4.78 is 0. The Morgan fingerprint density at radius 2 is 1.61 bits per heavy atom. The second kappa shape index (κ2) is 7.63. The van der Waals surface area contributed by atoms with Crippen LogP contribution in [0.25, 0.3) is 0 Å². The number of rotatable bonds is 4. The Morgan fingerprint density at radius 1 is 0.857 bits per heavy atom. The normalized spacial score (nSPS) is 45.3. The number of fused-ring (bicyclic) bond motifs is 5. The third-order valence-electron chi connectivity index (χ3n) is 10.5. The van der Waals surface area contributed by atoms with Crippen molar-refractivity contribution in [2.75, 3.05) is 0 Å². The molecule has 0 heterocycles. The highest BCUT2D eigenvalue weighted by molar-refractivity contribution is 5.27. The van der Waals surface area contributed by atoms with Crippen LogP contribution in [-0.2, 0) is 0 Å². The molecule has 0 aromatic carbocycles. The minimum atomic E-state index is 0.547. The summed E-state index contributed by atoms with van der Waals surface area (Å²) in [7, 11) is 0. The molecular formula is C28H46. The van der Waals surface area contributed by atoms with Crippen molar-refractivity contribution in [1.82, 2.24) is 0 Å². The van der Waals surface area contributed by atoms with E-state index in [2.05, 4.69) is 59.8 Å². The highest BCUT2D eigenvalue weighted by atomic mass is 14.6. The van der Waals surface area contributed by atoms with Crippen LogP contribution in [0.5, 0.6) is 0 Å². The summed E-state index contributed by atoms with van der Waals surface area (Å²) in [5, 5.41) is 0. The summed E-state index contributed by atoms with van der Waals surface area (Å²) in [6.45, 7) is 15.0. The Morgan fingerprint density at radius 3 is 2.36 bits per heavy atom. The molecule has 3 fully saturated rings. The van der Waals surface area contributed by atoms with Gasteiger partial charge in [0, 0.05) is 0 Å². The predicted molar refractivity (Wildman–Crippen MR) is 122 cm³/mol. The van der Waals surface area contributed by atoms with Crippen LogP contribution in [0.15, 0.2) is 23.8 Å². The summed E-state index contributed by atoms with van der Waals surface area (Å²) in [6.07, 6.45) is 21.1.